The summed E-state index contributed by atoms with van der Waals surface area (Å²) >= 11 is 1.15. The summed E-state index contributed by atoms with van der Waals surface area (Å²) in [6.45, 7) is 1.76. The zero-order valence-corrected chi connectivity index (χ0v) is 20.5. The van der Waals surface area contributed by atoms with Crippen molar-refractivity contribution < 1.29 is 32.2 Å². The summed E-state index contributed by atoms with van der Waals surface area (Å²) in [5.41, 5.74) is -0.536. The van der Waals surface area contributed by atoms with Crippen LogP contribution in [0, 0.1) is 0 Å². The maximum absolute atomic E-state index is 13.5. The number of fused-ring (bicyclic) bond motifs is 3. The summed E-state index contributed by atoms with van der Waals surface area (Å²) in [4.78, 5) is 26.3. The predicted octanol–water partition coefficient (Wildman–Crippen LogP) is 5.54. The van der Waals surface area contributed by atoms with Crippen molar-refractivity contribution >= 4 is 22.4 Å². The molecule has 0 bridgehead atoms. The molecule has 1 N–H and O–H groups in total. The van der Waals surface area contributed by atoms with E-state index >= 15 is 0 Å². The molecule has 190 valence electrons. The lowest BCUT2D eigenvalue weighted by atomic mass is 9.88. The molecule has 1 unspecified atom stereocenters. The maximum Gasteiger partial charge on any atom is 0.416 e. The summed E-state index contributed by atoms with van der Waals surface area (Å²) in [6, 6.07) is 12.3. The van der Waals surface area contributed by atoms with E-state index in [-0.39, 0.29) is 28.2 Å². The number of nitrogens with one attached hydrogen (secondary N) is 1. The molecular weight excluding hydrogens is 509 g/mol. The molecule has 1 atom stereocenters. The molecule has 1 aliphatic heterocycles. The number of hydrogen-bond donors (Lipinski definition) is 1. The third-order valence-electron chi connectivity index (χ3n) is 5.88. The number of alkyl halides is 3. The third kappa shape index (κ3) is 4.22. The van der Waals surface area contributed by atoms with Crippen LogP contribution in [0.3, 0.4) is 0 Å². The van der Waals surface area contributed by atoms with Crippen molar-refractivity contribution in [1.82, 2.24) is 15.0 Å². The number of benzene rings is 2. The second-order valence-electron chi connectivity index (χ2n) is 8.13. The molecule has 2 aromatic carbocycles. The second kappa shape index (κ2) is 9.04. The Kier molecular flexibility index (Phi) is 5.98. The summed E-state index contributed by atoms with van der Waals surface area (Å²) in [5, 5.41) is 2.91. The van der Waals surface area contributed by atoms with E-state index in [4.69, 9.17) is 14.2 Å². The van der Waals surface area contributed by atoms with Gasteiger partial charge in [0.2, 0.25) is 11.8 Å². The Morgan fingerprint density at radius 3 is 2.35 bits per heavy atom. The Labute approximate surface area is 213 Å². The number of thiazole rings is 1. The van der Waals surface area contributed by atoms with E-state index in [1.165, 1.54) is 26.6 Å². The molecule has 8 nitrogen and oxygen atoms in total. The first-order chi connectivity index (χ1) is 17.7. The molecule has 0 fully saturated rings. The minimum Gasteiger partial charge on any atom is -0.480 e. The van der Waals surface area contributed by atoms with E-state index in [2.05, 4.69) is 20.3 Å². The van der Waals surface area contributed by atoms with Crippen LogP contribution < -0.4 is 19.5 Å². The highest BCUT2D eigenvalue weighted by Crippen LogP contribution is 2.52. The molecule has 2 aromatic heterocycles. The van der Waals surface area contributed by atoms with Crippen LogP contribution in [0.1, 0.15) is 33.3 Å². The van der Waals surface area contributed by atoms with E-state index in [1.807, 2.05) is 30.3 Å². The average molecular weight is 529 g/mol. The highest BCUT2D eigenvalue weighted by atomic mass is 32.1. The summed E-state index contributed by atoms with van der Waals surface area (Å²) in [7, 11) is 2.71. The van der Waals surface area contributed by atoms with Crippen LogP contribution in [-0.2, 0) is 11.8 Å². The van der Waals surface area contributed by atoms with Crippen LogP contribution >= 0.6 is 11.3 Å². The van der Waals surface area contributed by atoms with Gasteiger partial charge in [0.25, 0.3) is 5.91 Å². The molecule has 0 saturated heterocycles. The Morgan fingerprint density at radius 1 is 1.05 bits per heavy atom. The molecule has 5 rings (SSSR count). The summed E-state index contributed by atoms with van der Waals surface area (Å²) in [6.07, 6.45) is -3.34. The van der Waals surface area contributed by atoms with Crippen molar-refractivity contribution in [3.63, 3.8) is 0 Å². The van der Waals surface area contributed by atoms with Gasteiger partial charge in [-0.05, 0) is 25.1 Å². The quantitative estimate of drug-likeness (QED) is 0.363. The molecule has 0 saturated carbocycles. The predicted molar refractivity (Wildman–Crippen MR) is 129 cm³/mol. The van der Waals surface area contributed by atoms with Crippen molar-refractivity contribution in [1.29, 1.82) is 0 Å². The Balaban J connectivity index is 1.62. The number of anilines is 1. The fraction of sp³-hybridized carbons (Fsp3) is 0.200. The van der Waals surface area contributed by atoms with Gasteiger partial charge in [0.15, 0.2) is 16.3 Å². The topological polar surface area (TPSA) is 95.5 Å². The van der Waals surface area contributed by atoms with Gasteiger partial charge in [-0.25, -0.2) is 15.0 Å². The van der Waals surface area contributed by atoms with Crippen LogP contribution in [0.4, 0.5) is 18.3 Å². The third-order valence-corrected chi connectivity index (χ3v) is 7.05. The Hall–Kier alpha value is -4.19. The number of halogens is 3. The molecule has 1 aliphatic rings. The molecule has 1 amide bonds. The SMILES string of the molecule is COc1ncnc(OC)c1C(=O)Nc1nc2c(s1)C(C)(c1ccccc1)Oc1cc(C(F)(F)F)ccc1-2. The molecule has 12 heteroatoms. The number of carbonyl (C=O) groups is 1. The molecule has 0 spiro atoms. The zero-order chi connectivity index (χ0) is 26.4. The normalized spacial score (nSPS) is 16.3. The Bertz CT molecular complexity index is 1470. The highest BCUT2D eigenvalue weighted by molar-refractivity contribution is 7.16. The van der Waals surface area contributed by atoms with Gasteiger partial charge in [0.1, 0.15) is 12.1 Å². The molecular formula is C25H19F3N4O4S. The number of rotatable bonds is 5. The average Bonchev–Trinajstić information content (AvgIpc) is 3.32. The first-order valence-electron chi connectivity index (χ1n) is 10.9. The van der Waals surface area contributed by atoms with E-state index in [0.29, 0.717) is 21.7 Å². The van der Waals surface area contributed by atoms with E-state index in [1.54, 1.807) is 6.92 Å². The molecule has 4 aromatic rings. The van der Waals surface area contributed by atoms with Gasteiger partial charge >= 0.3 is 6.18 Å². The summed E-state index contributed by atoms with van der Waals surface area (Å²) < 4.78 is 57.0. The van der Waals surface area contributed by atoms with Crippen LogP contribution in [0.5, 0.6) is 17.5 Å². The van der Waals surface area contributed by atoms with Crippen molar-refractivity contribution in [3.8, 4) is 28.8 Å². The number of carbonyl (C=O) groups excluding carboxylic acids is 1. The highest BCUT2D eigenvalue weighted by Gasteiger charge is 2.43. The van der Waals surface area contributed by atoms with Gasteiger partial charge in [-0.3, -0.25) is 10.1 Å². The van der Waals surface area contributed by atoms with Crippen molar-refractivity contribution in [3.05, 3.63) is 76.4 Å². The first kappa shape index (κ1) is 24.5. The minimum absolute atomic E-state index is 0.00755. The van der Waals surface area contributed by atoms with Gasteiger partial charge in [0, 0.05) is 11.1 Å². The number of ether oxygens (including phenoxy) is 3. The molecule has 0 aliphatic carbocycles. The van der Waals surface area contributed by atoms with E-state index in [9.17, 15) is 18.0 Å². The van der Waals surface area contributed by atoms with Crippen LogP contribution in [0.15, 0.2) is 54.9 Å². The van der Waals surface area contributed by atoms with Gasteiger partial charge in [0.05, 0.1) is 30.4 Å². The number of aromatic nitrogens is 3. The lowest BCUT2D eigenvalue weighted by Gasteiger charge is -2.35. The molecule has 3 heterocycles. The zero-order valence-electron chi connectivity index (χ0n) is 19.7. The van der Waals surface area contributed by atoms with Crippen molar-refractivity contribution in [2.45, 2.75) is 18.7 Å². The number of methoxy groups -OCH3 is 2. The van der Waals surface area contributed by atoms with E-state index < -0.39 is 23.2 Å². The van der Waals surface area contributed by atoms with Crippen LogP contribution in [-0.4, -0.2) is 35.1 Å². The van der Waals surface area contributed by atoms with Crippen molar-refractivity contribution in [2.24, 2.45) is 0 Å². The second-order valence-corrected chi connectivity index (χ2v) is 9.13. The maximum atomic E-state index is 13.5. The monoisotopic (exact) mass is 528 g/mol. The van der Waals surface area contributed by atoms with Crippen LogP contribution in [0.25, 0.3) is 11.3 Å². The first-order valence-corrected chi connectivity index (χ1v) is 11.7. The fourth-order valence-corrected chi connectivity index (χ4v) is 5.17. The van der Waals surface area contributed by atoms with E-state index in [0.717, 1.165) is 23.5 Å². The van der Waals surface area contributed by atoms with Gasteiger partial charge in [-0.15, -0.1) is 0 Å². The minimum atomic E-state index is -4.54. The van der Waals surface area contributed by atoms with Crippen molar-refractivity contribution in [2.75, 3.05) is 19.5 Å². The van der Waals surface area contributed by atoms with Crippen LogP contribution in [0.2, 0.25) is 0 Å². The summed E-state index contributed by atoms with van der Waals surface area (Å²) in [5.74, 6) is -0.576. The smallest absolute Gasteiger partial charge is 0.416 e. The van der Waals surface area contributed by atoms with Gasteiger partial charge in [-0.1, -0.05) is 41.7 Å². The van der Waals surface area contributed by atoms with Gasteiger partial charge in [-0.2, -0.15) is 13.2 Å². The number of amides is 1. The van der Waals surface area contributed by atoms with Gasteiger partial charge < -0.3 is 14.2 Å². The number of hydrogen-bond acceptors (Lipinski definition) is 8. The fourth-order valence-electron chi connectivity index (χ4n) is 4.09. The Morgan fingerprint density at radius 2 is 1.73 bits per heavy atom. The largest absolute Gasteiger partial charge is 0.480 e. The molecule has 37 heavy (non-hydrogen) atoms. The number of nitrogens with zero attached hydrogens (tertiary/aromatic N) is 3. The lowest BCUT2D eigenvalue weighted by Crippen LogP contribution is -2.33. The molecule has 0 radical (unpaired) electrons. The standard InChI is InChI=1S/C25H19F3N4O4S/c1-24(13-7-5-4-6-8-13)19-18(15-10-9-14(25(26,27)28)11-16(15)36-24)31-23(37-19)32-20(33)17-21(34-2)29-12-30-22(17)35-3/h4-12H,1-3H3,(H,31,32,33). The lowest BCUT2D eigenvalue weighted by molar-refractivity contribution is -0.137.